The van der Waals surface area contributed by atoms with Crippen molar-refractivity contribution in [1.82, 2.24) is 4.90 Å². The maximum absolute atomic E-state index is 11.6. The van der Waals surface area contributed by atoms with Crippen molar-refractivity contribution >= 4 is 12.1 Å². The van der Waals surface area contributed by atoms with Crippen LogP contribution in [0.4, 0.5) is 4.79 Å². The van der Waals surface area contributed by atoms with Crippen molar-refractivity contribution in [3.63, 3.8) is 0 Å². The fourth-order valence-corrected chi connectivity index (χ4v) is 2.86. The summed E-state index contributed by atoms with van der Waals surface area (Å²) in [5.74, 6) is -0.803. The Hall–Kier alpha value is -1.26. The van der Waals surface area contributed by atoms with E-state index in [2.05, 4.69) is 0 Å². The minimum absolute atomic E-state index is 0.0897. The standard InChI is InChI=1S/C12H19NO4/c14-11(15)10(9-5-2-1-3-6-9)13-7-4-8-17-12(13)16/h9-10H,1-8H2,(H,14,15). The highest BCUT2D eigenvalue weighted by Gasteiger charge is 2.38. The van der Waals surface area contributed by atoms with E-state index < -0.39 is 18.1 Å². The molecule has 5 heteroatoms. The molecule has 5 nitrogen and oxygen atoms in total. The molecule has 96 valence electrons. The van der Waals surface area contributed by atoms with E-state index in [1.165, 1.54) is 11.3 Å². The molecule has 1 heterocycles. The SMILES string of the molecule is O=C(O)C(C1CCCCC1)N1CCCOC1=O. The van der Waals surface area contributed by atoms with E-state index in [0.717, 1.165) is 32.1 Å². The molecule has 2 rings (SSSR count). The van der Waals surface area contributed by atoms with Crippen molar-refractivity contribution in [2.24, 2.45) is 5.92 Å². The number of hydrogen-bond acceptors (Lipinski definition) is 3. The molecule has 1 atom stereocenters. The number of amides is 1. The third-order valence-corrected chi connectivity index (χ3v) is 3.69. The van der Waals surface area contributed by atoms with E-state index in [0.29, 0.717) is 13.2 Å². The van der Waals surface area contributed by atoms with Crippen LogP contribution in [-0.4, -0.2) is 41.3 Å². The Labute approximate surface area is 101 Å². The number of carboxylic acid groups (broad SMARTS) is 1. The first-order valence-electron chi connectivity index (χ1n) is 6.36. The van der Waals surface area contributed by atoms with Crippen LogP contribution < -0.4 is 0 Å². The first kappa shape index (κ1) is 12.2. The van der Waals surface area contributed by atoms with Crippen LogP contribution in [0.1, 0.15) is 38.5 Å². The fourth-order valence-electron chi connectivity index (χ4n) is 2.86. The van der Waals surface area contributed by atoms with Crippen LogP contribution in [0.3, 0.4) is 0 Å². The van der Waals surface area contributed by atoms with Crippen molar-refractivity contribution in [3.8, 4) is 0 Å². The van der Waals surface area contributed by atoms with E-state index >= 15 is 0 Å². The average molecular weight is 241 g/mol. The van der Waals surface area contributed by atoms with Gasteiger partial charge in [0.25, 0.3) is 0 Å². The highest BCUT2D eigenvalue weighted by Crippen LogP contribution is 2.30. The topological polar surface area (TPSA) is 66.8 Å². The summed E-state index contributed by atoms with van der Waals surface area (Å²) in [5.41, 5.74) is 0. The van der Waals surface area contributed by atoms with Gasteiger partial charge in [-0.25, -0.2) is 9.59 Å². The molecule has 2 fully saturated rings. The maximum atomic E-state index is 11.6. The van der Waals surface area contributed by atoms with Gasteiger partial charge in [0.1, 0.15) is 6.04 Å². The highest BCUT2D eigenvalue weighted by atomic mass is 16.6. The Morgan fingerprint density at radius 3 is 2.59 bits per heavy atom. The van der Waals surface area contributed by atoms with Crippen LogP contribution in [0, 0.1) is 5.92 Å². The number of rotatable bonds is 3. The molecule has 1 aliphatic heterocycles. The predicted molar refractivity (Wildman–Crippen MR) is 60.7 cm³/mol. The van der Waals surface area contributed by atoms with Crippen LogP contribution >= 0.6 is 0 Å². The number of aliphatic carboxylic acids is 1. The molecule has 1 unspecified atom stereocenters. The van der Waals surface area contributed by atoms with Gasteiger partial charge in [-0.3, -0.25) is 4.90 Å². The molecule has 1 saturated heterocycles. The second-order valence-corrected chi connectivity index (χ2v) is 4.84. The zero-order chi connectivity index (χ0) is 12.3. The van der Waals surface area contributed by atoms with Gasteiger partial charge in [-0.1, -0.05) is 19.3 Å². The first-order valence-corrected chi connectivity index (χ1v) is 6.36. The van der Waals surface area contributed by atoms with Crippen LogP contribution in [-0.2, 0) is 9.53 Å². The molecule has 0 bridgehead atoms. The van der Waals surface area contributed by atoms with E-state index in [1.807, 2.05) is 0 Å². The van der Waals surface area contributed by atoms with Crippen molar-refractivity contribution < 1.29 is 19.4 Å². The van der Waals surface area contributed by atoms with E-state index in [1.54, 1.807) is 0 Å². The summed E-state index contributed by atoms with van der Waals surface area (Å²) >= 11 is 0. The summed E-state index contributed by atoms with van der Waals surface area (Å²) < 4.78 is 4.94. The van der Waals surface area contributed by atoms with Gasteiger partial charge in [0.2, 0.25) is 0 Å². The van der Waals surface area contributed by atoms with Crippen molar-refractivity contribution in [1.29, 1.82) is 0 Å². The molecule has 1 amide bonds. The van der Waals surface area contributed by atoms with Gasteiger partial charge in [-0.2, -0.15) is 0 Å². The van der Waals surface area contributed by atoms with Gasteiger partial charge in [0, 0.05) is 6.54 Å². The first-order chi connectivity index (χ1) is 8.20. The molecule has 0 aromatic carbocycles. The summed E-state index contributed by atoms with van der Waals surface area (Å²) in [5, 5.41) is 9.35. The number of carbonyl (C=O) groups is 2. The lowest BCUT2D eigenvalue weighted by Gasteiger charge is -2.37. The average Bonchev–Trinajstić information content (AvgIpc) is 2.33. The maximum Gasteiger partial charge on any atom is 0.410 e. The van der Waals surface area contributed by atoms with Crippen molar-refractivity contribution in [2.75, 3.05) is 13.2 Å². The molecule has 1 N–H and O–H groups in total. The number of hydrogen-bond donors (Lipinski definition) is 1. The molecule has 0 aromatic heterocycles. The number of carboxylic acids is 1. The van der Waals surface area contributed by atoms with Gasteiger partial charge in [0.15, 0.2) is 0 Å². The second kappa shape index (κ2) is 5.38. The van der Waals surface area contributed by atoms with E-state index in [9.17, 15) is 14.7 Å². The van der Waals surface area contributed by atoms with Crippen molar-refractivity contribution in [2.45, 2.75) is 44.6 Å². The summed E-state index contributed by atoms with van der Waals surface area (Å²) in [6, 6.07) is -0.692. The zero-order valence-electron chi connectivity index (χ0n) is 9.93. The monoisotopic (exact) mass is 241 g/mol. The third-order valence-electron chi connectivity index (χ3n) is 3.69. The lowest BCUT2D eigenvalue weighted by Crippen LogP contribution is -2.52. The third kappa shape index (κ3) is 2.70. The van der Waals surface area contributed by atoms with E-state index in [-0.39, 0.29) is 5.92 Å². The second-order valence-electron chi connectivity index (χ2n) is 4.84. The Kier molecular flexibility index (Phi) is 3.86. The summed E-state index contributed by atoms with van der Waals surface area (Å²) in [4.78, 5) is 24.4. The quantitative estimate of drug-likeness (QED) is 0.819. The molecule has 1 aliphatic carbocycles. The molecule has 17 heavy (non-hydrogen) atoms. The minimum atomic E-state index is -0.893. The molecule has 1 saturated carbocycles. The van der Waals surface area contributed by atoms with Gasteiger partial charge in [0.05, 0.1) is 6.61 Å². The minimum Gasteiger partial charge on any atom is -0.480 e. The number of carbonyl (C=O) groups excluding carboxylic acids is 1. The van der Waals surface area contributed by atoms with Gasteiger partial charge in [-0.15, -0.1) is 0 Å². The van der Waals surface area contributed by atoms with Gasteiger partial charge in [-0.05, 0) is 25.2 Å². The normalized spacial score (nSPS) is 24.2. The van der Waals surface area contributed by atoms with Crippen molar-refractivity contribution in [3.05, 3.63) is 0 Å². The summed E-state index contributed by atoms with van der Waals surface area (Å²) in [7, 11) is 0. The predicted octanol–water partition coefficient (Wildman–Crippen LogP) is 1.86. The number of nitrogens with zero attached hydrogens (tertiary/aromatic N) is 1. The molecular formula is C12H19NO4. The van der Waals surface area contributed by atoms with Crippen LogP contribution in [0.5, 0.6) is 0 Å². The molecular weight excluding hydrogens is 222 g/mol. The molecule has 0 aromatic rings. The summed E-state index contributed by atoms with van der Waals surface area (Å²) in [6.07, 6.45) is 5.38. The largest absolute Gasteiger partial charge is 0.480 e. The lowest BCUT2D eigenvalue weighted by atomic mass is 9.83. The fraction of sp³-hybridized carbons (Fsp3) is 0.833. The van der Waals surface area contributed by atoms with E-state index in [4.69, 9.17) is 4.74 Å². The highest BCUT2D eigenvalue weighted by molar-refractivity contribution is 5.80. The number of cyclic esters (lactones) is 1. The Balaban J connectivity index is 2.09. The Morgan fingerprint density at radius 2 is 2.00 bits per heavy atom. The summed E-state index contributed by atoms with van der Waals surface area (Å²) in [6.45, 7) is 0.915. The molecule has 0 radical (unpaired) electrons. The van der Waals surface area contributed by atoms with Gasteiger partial charge < -0.3 is 9.84 Å². The van der Waals surface area contributed by atoms with Gasteiger partial charge >= 0.3 is 12.1 Å². The molecule has 2 aliphatic rings. The molecule has 0 spiro atoms. The smallest absolute Gasteiger partial charge is 0.410 e. The Bertz CT molecular complexity index is 299. The lowest BCUT2D eigenvalue weighted by molar-refractivity contribution is -0.146. The van der Waals surface area contributed by atoms with Crippen LogP contribution in [0.2, 0.25) is 0 Å². The van der Waals surface area contributed by atoms with Crippen LogP contribution in [0.25, 0.3) is 0 Å². The Morgan fingerprint density at radius 1 is 1.29 bits per heavy atom. The zero-order valence-corrected chi connectivity index (χ0v) is 9.93. The van der Waals surface area contributed by atoms with Crippen LogP contribution in [0.15, 0.2) is 0 Å². The number of ether oxygens (including phenoxy) is 1.